The number of amides is 1. The second-order valence-electron chi connectivity index (χ2n) is 6.71. The fraction of sp³-hybridized carbons (Fsp3) is 0.800. The average molecular weight is 293 g/mol. The molecule has 2 rings (SSSR count). The fourth-order valence-electron chi connectivity index (χ4n) is 3.25. The van der Waals surface area contributed by atoms with Gasteiger partial charge in [0.2, 0.25) is 5.91 Å². The van der Waals surface area contributed by atoms with Gasteiger partial charge in [0, 0.05) is 31.2 Å². The second kappa shape index (κ2) is 6.56. The number of hydrogen-bond acceptors (Lipinski definition) is 4. The van der Waals surface area contributed by atoms with Crippen LogP contribution in [-0.2, 0) is 11.3 Å². The summed E-state index contributed by atoms with van der Waals surface area (Å²) in [4.78, 5) is 12.4. The van der Waals surface area contributed by atoms with Crippen LogP contribution in [0.2, 0.25) is 0 Å². The zero-order chi connectivity index (χ0) is 15.5. The zero-order valence-corrected chi connectivity index (χ0v) is 13.2. The Morgan fingerprint density at radius 3 is 2.90 bits per heavy atom. The van der Waals surface area contributed by atoms with Gasteiger partial charge in [0.15, 0.2) is 0 Å². The van der Waals surface area contributed by atoms with Crippen LogP contribution in [0.5, 0.6) is 0 Å². The van der Waals surface area contributed by atoms with E-state index in [4.69, 9.17) is 5.73 Å². The van der Waals surface area contributed by atoms with Crippen LogP contribution >= 0.6 is 0 Å². The molecule has 3 unspecified atom stereocenters. The molecule has 3 atom stereocenters. The maximum Gasteiger partial charge on any atom is 0.223 e. The minimum Gasteiger partial charge on any atom is -0.356 e. The average Bonchev–Trinajstić information content (AvgIpc) is 2.94. The van der Waals surface area contributed by atoms with E-state index in [1.165, 1.54) is 0 Å². The summed E-state index contributed by atoms with van der Waals surface area (Å²) >= 11 is 0. The molecule has 1 heterocycles. The van der Waals surface area contributed by atoms with Crippen molar-refractivity contribution in [3.8, 4) is 0 Å². The van der Waals surface area contributed by atoms with Gasteiger partial charge in [-0.1, -0.05) is 26.0 Å². The largest absolute Gasteiger partial charge is 0.356 e. The van der Waals surface area contributed by atoms with Gasteiger partial charge in [0.25, 0.3) is 0 Å². The summed E-state index contributed by atoms with van der Waals surface area (Å²) in [5.74, 6) is 0.577. The Labute approximate surface area is 126 Å². The highest BCUT2D eigenvalue weighted by Gasteiger charge is 2.44. The number of nitrogens with zero attached hydrogens (tertiary/aromatic N) is 3. The van der Waals surface area contributed by atoms with Crippen LogP contribution in [-0.4, -0.2) is 33.5 Å². The van der Waals surface area contributed by atoms with Gasteiger partial charge in [0.05, 0.1) is 6.20 Å². The fourth-order valence-corrected chi connectivity index (χ4v) is 3.25. The normalized spacial score (nSPS) is 28.3. The van der Waals surface area contributed by atoms with Crippen molar-refractivity contribution in [2.45, 2.75) is 52.6 Å². The Kier molecular flexibility index (Phi) is 4.98. The molecule has 6 heteroatoms. The number of aryl methyl sites for hydroxylation is 1. The Morgan fingerprint density at radius 1 is 1.48 bits per heavy atom. The highest BCUT2D eigenvalue weighted by Crippen LogP contribution is 2.44. The lowest BCUT2D eigenvalue weighted by atomic mass is 9.61. The molecule has 0 aromatic carbocycles. The molecule has 21 heavy (non-hydrogen) atoms. The van der Waals surface area contributed by atoms with Gasteiger partial charge >= 0.3 is 0 Å². The van der Waals surface area contributed by atoms with Crippen molar-refractivity contribution in [2.75, 3.05) is 6.54 Å². The summed E-state index contributed by atoms with van der Waals surface area (Å²) in [7, 11) is 0. The van der Waals surface area contributed by atoms with Crippen LogP contribution in [0.4, 0.5) is 0 Å². The van der Waals surface area contributed by atoms with Crippen LogP contribution in [0.1, 0.15) is 40.0 Å². The standard InChI is InChI=1S/C15H27N5O/c1-11-13(16)6-5-12(15(11,2)3)14(21)17-7-4-9-20-10-8-18-19-20/h8,10-13H,4-7,9,16H2,1-3H3,(H,17,21). The van der Waals surface area contributed by atoms with Crippen LogP contribution in [0.25, 0.3) is 0 Å². The zero-order valence-electron chi connectivity index (χ0n) is 13.2. The molecule has 0 aliphatic heterocycles. The molecule has 6 nitrogen and oxygen atoms in total. The first-order valence-corrected chi connectivity index (χ1v) is 7.80. The van der Waals surface area contributed by atoms with Crippen LogP contribution in [0.15, 0.2) is 12.4 Å². The molecule has 0 radical (unpaired) electrons. The smallest absolute Gasteiger partial charge is 0.223 e. The molecule has 0 saturated heterocycles. The maximum atomic E-state index is 12.4. The molecule has 3 N–H and O–H groups in total. The molecule has 1 aromatic heterocycles. The molecule has 1 fully saturated rings. The SMILES string of the molecule is CC1C(N)CCC(C(=O)NCCCn2ccnn2)C1(C)C. The predicted molar refractivity (Wildman–Crippen MR) is 81.3 cm³/mol. The van der Waals surface area contributed by atoms with Gasteiger partial charge in [-0.15, -0.1) is 5.10 Å². The molecule has 1 aromatic rings. The number of rotatable bonds is 5. The van der Waals surface area contributed by atoms with Gasteiger partial charge in [-0.2, -0.15) is 0 Å². The molecule has 1 saturated carbocycles. The molecule has 0 bridgehead atoms. The Bertz CT molecular complexity index is 457. The summed E-state index contributed by atoms with van der Waals surface area (Å²) in [5.41, 5.74) is 6.10. The van der Waals surface area contributed by atoms with Crippen molar-refractivity contribution in [2.24, 2.45) is 23.0 Å². The molecule has 1 aliphatic carbocycles. The monoisotopic (exact) mass is 293 g/mol. The summed E-state index contributed by atoms with van der Waals surface area (Å²) in [6.07, 6.45) is 6.16. The number of aromatic nitrogens is 3. The number of carbonyl (C=O) groups excluding carboxylic acids is 1. The summed E-state index contributed by atoms with van der Waals surface area (Å²) in [6.45, 7) is 7.93. The van der Waals surface area contributed by atoms with Crippen molar-refractivity contribution in [3.63, 3.8) is 0 Å². The lowest BCUT2D eigenvalue weighted by Gasteiger charge is -2.46. The Morgan fingerprint density at radius 2 is 2.24 bits per heavy atom. The number of nitrogens with one attached hydrogen (secondary N) is 1. The topological polar surface area (TPSA) is 85.8 Å². The molecule has 1 aliphatic rings. The Balaban J connectivity index is 1.80. The predicted octanol–water partition coefficient (Wildman–Crippen LogP) is 1.18. The number of carbonyl (C=O) groups is 1. The summed E-state index contributed by atoms with van der Waals surface area (Å²) in [6, 6.07) is 0.205. The minimum atomic E-state index is -0.0480. The third-order valence-electron chi connectivity index (χ3n) is 5.15. The highest BCUT2D eigenvalue weighted by atomic mass is 16.1. The van der Waals surface area contributed by atoms with Gasteiger partial charge in [0.1, 0.15) is 0 Å². The number of hydrogen-bond donors (Lipinski definition) is 2. The highest BCUT2D eigenvalue weighted by molar-refractivity contribution is 5.79. The first kappa shape index (κ1) is 15.9. The summed E-state index contributed by atoms with van der Waals surface area (Å²) < 4.78 is 1.78. The first-order valence-electron chi connectivity index (χ1n) is 7.80. The van der Waals surface area contributed by atoms with Crippen LogP contribution < -0.4 is 11.1 Å². The van der Waals surface area contributed by atoms with Gasteiger partial charge < -0.3 is 11.1 Å². The quantitative estimate of drug-likeness (QED) is 0.798. The van der Waals surface area contributed by atoms with Crippen LogP contribution in [0.3, 0.4) is 0 Å². The lowest BCUT2D eigenvalue weighted by Crippen LogP contribution is -2.51. The van der Waals surface area contributed by atoms with Crippen molar-refractivity contribution in [1.82, 2.24) is 20.3 Å². The van der Waals surface area contributed by atoms with E-state index in [0.717, 1.165) is 25.8 Å². The molecule has 118 valence electrons. The summed E-state index contributed by atoms with van der Waals surface area (Å²) in [5, 5.41) is 10.7. The van der Waals surface area contributed by atoms with E-state index in [1.807, 2.05) is 6.20 Å². The Hall–Kier alpha value is -1.43. The van der Waals surface area contributed by atoms with E-state index in [9.17, 15) is 4.79 Å². The van der Waals surface area contributed by atoms with E-state index in [0.29, 0.717) is 12.5 Å². The second-order valence-corrected chi connectivity index (χ2v) is 6.71. The minimum absolute atomic E-state index is 0.0480. The van der Waals surface area contributed by atoms with Crippen molar-refractivity contribution in [1.29, 1.82) is 0 Å². The van der Waals surface area contributed by atoms with E-state index in [1.54, 1.807) is 10.9 Å². The maximum absolute atomic E-state index is 12.4. The van der Waals surface area contributed by atoms with E-state index in [-0.39, 0.29) is 23.3 Å². The first-order chi connectivity index (χ1) is 9.93. The van der Waals surface area contributed by atoms with Crippen molar-refractivity contribution < 1.29 is 4.79 Å². The van der Waals surface area contributed by atoms with Gasteiger partial charge in [-0.25, -0.2) is 0 Å². The molecular formula is C15H27N5O. The number of nitrogens with two attached hydrogens (primary N) is 1. The molecular weight excluding hydrogens is 266 g/mol. The third-order valence-corrected chi connectivity index (χ3v) is 5.15. The third kappa shape index (κ3) is 3.61. The van der Waals surface area contributed by atoms with Crippen LogP contribution in [0, 0.1) is 17.3 Å². The van der Waals surface area contributed by atoms with Crippen molar-refractivity contribution in [3.05, 3.63) is 12.4 Å². The van der Waals surface area contributed by atoms with Gasteiger partial charge in [-0.3, -0.25) is 9.48 Å². The van der Waals surface area contributed by atoms with Crippen molar-refractivity contribution >= 4 is 5.91 Å². The van der Waals surface area contributed by atoms with E-state index in [2.05, 4.69) is 36.4 Å². The van der Waals surface area contributed by atoms with Gasteiger partial charge in [-0.05, 0) is 30.6 Å². The molecule has 0 spiro atoms. The lowest BCUT2D eigenvalue weighted by molar-refractivity contribution is -0.132. The molecule has 1 amide bonds. The van der Waals surface area contributed by atoms with E-state index >= 15 is 0 Å². The van der Waals surface area contributed by atoms with E-state index < -0.39 is 0 Å².